The molecule has 0 saturated carbocycles. The van der Waals surface area contributed by atoms with Gasteiger partial charge in [0.2, 0.25) is 5.91 Å². The number of nitrogens with two attached hydrogens (primary N) is 1. The summed E-state index contributed by atoms with van der Waals surface area (Å²) in [6.07, 6.45) is 3.23. The van der Waals surface area contributed by atoms with E-state index in [0.29, 0.717) is 17.3 Å². The maximum absolute atomic E-state index is 12.0. The third-order valence-corrected chi connectivity index (χ3v) is 3.43. The zero-order chi connectivity index (χ0) is 17.5. The normalized spacial score (nSPS) is 10.8. The lowest BCUT2D eigenvalue weighted by molar-refractivity contribution is -0.111. The van der Waals surface area contributed by atoms with E-state index in [2.05, 4.69) is 36.6 Å². The summed E-state index contributed by atoms with van der Waals surface area (Å²) >= 11 is 0. The number of primary amides is 1. The predicted molar refractivity (Wildman–Crippen MR) is 97.8 cm³/mol. The molecule has 3 amide bonds. The first kappa shape index (κ1) is 17.3. The molecular formula is C19H21N3O2. The predicted octanol–water partition coefficient (Wildman–Crippen LogP) is 3.95. The first-order valence-electron chi connectivity index (χ1n) is 7.69. The van der Waals surface area contributed by atoms with E-state index in [1.165, 1.54) is 11.6 Å². The van der Waals surface area contributed by atoms with Crippen molar-refractivity contribution in [3.05, 3.63) is 65.7 Å². The molecule has 0 aromatic heterocycles. The molecule has 0 atom stereocenters. The van der Waals surface area contributed by atoms with Crippen LogP contribution in [0.1, 0.15) is 30.9 Å². The van der Waals surface area contributed by atoms with Gasteiger partial charge in [0.15, 0.2) is 0 Å². The monoisotopic (exact) mass is 323 g/mol. The molecule has 2 aromatic carbocycles. The molecule has 124 valence electrons. The number of benzene rings is 2. The Morgan fingerprint density at radius 2 is 1.62 bits per heavy atom. The number of rotatable bonds is 5. The lowest BCUT2D eigenvalue weighted by Gasteiger charge is -2.06. The standard InChI is InChI=1S/C19H21N3O2/c1-13(2)15-9-6-14(7-10-15)8-11-18(23)21-16-4-3-5-17(12-16)22-19(20)24/h3-13H,1-2H3,(H,21,23)(H3,20,22,24)/b11-8+. The lowest BCUT2D eigenvalue weighted by atomic mass is 10.0. The van der Waals surface area contributed by atoms with E-state index in [4.69, 9.17) is 5.73 Å². The zero-order valence-electron chi connectivity index (χ0n) is 13.7. The quantitative estimate of drug-likeness (QED) is 0.728. The molecule has 0 unspecified atom stereocenters. The Morgan fingerprint density at radius 1 is 1.00 bits per heavy atom. The van der Waals surface area contributed by atoms with Crippen molar-refractivity contribution in [1.82, 2.24) is 0 Å². The molecule has 2 rings (SSSR count). The van der Waals surface area contributed by atoms with Crippen LogP contribution in [-0.2, 0) is 4.79 Å². The fourth-order valence-corrected chi connectivity index (χ4v) is 2.16. The zero-order valence-corrected chi connectivity index (χ0v) is 13.7. The Kier molecular flexibility index (Phi) is 5.73. The number of carbonyl (C=O) groups excluding carboxylic acids is 2. The molecule has 0 fully saturated rings. The van der Waals surface area contributed by atoms with E-state index in [-0.39, 0.29) is 5.91 Å². The third-order valence-electron chi connectivity index (χ3n) is 3.43. The topological polar surface area (TPSA) is 84.2 Å². The van der Waals surface area contributed by atoms with Gasteiger partial charge in [0.25, 0.3) is 0 Å². The van der Waals surface area contributed by atoms with Crippen molar-refractivity contribution in [2.24, 2.45) is 5.73 Å². The van der Waals surface area contributed by atoms with Crippen molar-refractivity contribution >= 4 is 29.4 Å². The molecule has 4 N–H and O–H groups in total. The van der Waals surface area contributed by atoms with Crippen LogP contribution >= 0.6 is 0 Å². The molecule has 2 aromatic rings. The average Bonchev–Trinajstić information content (AvgIpc) is 2.53. The van der Waals surface area contributed by atoms with Crippen molar-refractivity contribution in [3.8, 4) is 0 Å². The molecule has 0 aliphatic rings. The summed E-state index contributed by atoms with van der Waals surface area (Å²) in [6, 6.07) is 14.2. The fourth-order valence-electron chi connectivity index (χ4n) is 2.16. The van der Waals surface area contributed by atoms with E-state index < -0.39 is 6.03 Å². The van der Waals surface area contributed by atoms with Crippen molar-refractivity contribution in [1.29, 1.82) is 0 Å². The summed E-state index contributed by atoms with van der Waals surface area (Å²) in [5.74, 6) is 0.228. The maximum Gasteiger partial charge on any atom is 0.316 e. The van der Waals surface area contributed by atoms with E-state index in [1.54, 1.807) is 30.3 Å². The number of urea groups is 1. The highest BCUT2D eigenvalue weighted by Crippen LogP contribution is 2.16. The van der Waals surface area contributed by atoms with Gasteiger partial charge in [0.05, 0.1) is 0 Å². The van der Waals surface area contributed by atoms with Crippen LogP contribution in [0.15, 0.2) is 54.6 Å². The second kappa shape index (κ2) is 7.97. The largest absolute Gasteiger partial charge is 0.351 e. The molecule has 5 heteroatoms. The van der Waals surface area contributed by atoms with E-state index in [9.17, 15) is 9.59 Å². The van der Waals surface area contributed by atoms with Gasteiger partial charge in [0, 0.05) is 17.5 Å². The minimum Gasteiger partial charge on any atom is -0.351 e. The number of hydrogen-bond donors (Lipinski definition) is 3. The van der Waals surface area contributed by atoms with Crippen LogP contribution in [0.3, 0.4) is 0 Å². The summed E-state index contributed by atoms with van der Waals surface area (Å²) < 4.78 is 0. The van der Waals surface area contributed by atoms with Gasteiger partial charge in [0.1, 0.15) is 0 Å². The molecule has 0 aliphatic carbocycles. The Labute approximate surface area is 141 Å². The third kappa shape index (κ3) is 5.28. The van der Waals surface area contributed by atoms with E-state index in [0.717, 1.165) is 5.56 Å². The van der Waals surface area contributed by atoms with E-state index in [1.807, 2.05) is 12.1 Å². The number of amides is 3. The molecule has 0 aliphatic heterocycles. The molecule has 0 radical (unpaired) electrons. The second-order valence-electron chi connectivity index (χ2n) is 5.71. The minimum absolute atomic E-state index is 0.251. The summed E-state index contributed by atoms with van der Waals surface area (Å²) in [5.41, 5.74) is 8.38. The Morgan fingerprint density at radius 3 is 2.21 bits per heavy atom. The van der Waals surface area contributed by atoms with Crippen molar-refractivity contribution in [2.75, 3.05) is 10.6 Å². The molecule has 0 heterocycles. The molecule has 24 heavy (non-hydrogen) atoms. The summed E-state index contributed by atoms with van der Waals surface area (Å²) in [5, 5.41) is 5.20. The lowest BCUT2D eigenvalue weighted by Crippen LogP contribution is -2.19. The number of hydrogen-bond acceptors (Lipinski definition) is 2. The van der Waals surface area contributed by atoms with Crippen LogP contribution in [0.5, 0.6) is 0 Å². The highest BCUT2D eigenvalue weighted by Gasteiger charge is 2.01. The molecule has 0 saturated heterocycles. The molecule has 0 spiro atoms. The van der Waals surface area contributed by atoms with Crippen molar-refractivity contribution < 1.29 is 9.59 Å². The maximum atomic E-state index is 12.0. The van der Waals surface area contributed by atoms with Crippen LogP contribution in [0.25, 0.3) is 6.08 Å². The van der Waals surface area contributed by atoms with Crippen molar-refractivity contribution in [2.45, 2.75) is 19.8 Å². The van der Waals surface area contributed by atoms with Gasteiger partial charge >= 0.3 is 6.03 Å². The van der Waals surface area contributed by atoms with Crippen LogP contribution < -0.4 is 16.4 Å². The SMILES string of the molecule is CC(C)c1ccc(/C=C/C(=O)Nc2cccc(NC(N)=O)c2)cc1. The van der Waals surface area contributed by atoms with Crippen LogP contribution in [0.4, 0.5) is 16.2 Å². The van der Waals surface area contributed by atoms with Gasteiger partial charge in [-0.3, -0.25) is 4.79 Å². The molecule has 0 bridgehead atoms. The van der Waals surface area contributed by atoms with Crippen molar-refractivity contribution in [3.63, 3.8) is 0 Å². The van der Waals surface area contributed by atoms with Crippen LogP contribution in [0, 0.1) is 0 Å². The second-order valence-corrected chi connectivity index (χ2v) is 5.71. The summed E-state index contributed by atoms with van der Waals surface area (Å²) in [6.45, 7) is 4.28. The summed E-state index contributed by atoms with van der Waals surface area (Å²) in [4.78, 5) is 22.8. The van der Waals surface area contributed by atoms with Crippen LogP contribution in [-0.4, -0.2) is 11.9 Å². The smallest absolute Gasteiger partial charge is 0.316 e. The van der Waals surface area contributed by atoms with Crippen LogP contribution in [0.2, 0.25) is 0 Å². The first-order chi connectivity index (χ1) is 11.4. The Hall–Kier alpha value is -3.08. The number of carbonyl (C=O) groups is 2. The van der Waals surface area contributed by atoms with Gasteiger partial charge in [-0.2, -0.15) is 0 Å². The van der Waals surface area contributed by atoms with Gasteiger partial charge in [-0.15, -0.1) is 0 Å². The number of nitrogens with one attached hydrogen (secondary N) is 2. The fraction of sp³-hybridized carbons (Fsp3) is 0.158. The van der Waals surface area contributed by atoms with Gasteiger partial charge in [-0.05, 0) is 41.3 Å². The highest BCUT2D eigenvalue weighted by molar-refractivity contribution is 6.02. The average molecular weight is 323 g/mol. The molecule has 5 nitrogen and oxygen atoms in total. The highest BCUT2D eigenvalue weighted by atomic mass is 16.2. The Bertz CT molecular complexity index is 749. The number of anilines is 2. The Balaban J connectivity index is 1.98. The van der Waals surface area contributed by atoms with Gasteiger partial charge in [-0.25, -0.2) is 4.79 Å². The van der Waals surface area contributed by atoms with Gasteiger partial charge in [-0.1, -0.05) is 44.2 Å². The van der Waals surface area contributed by atoms with Gasteiger partial charge < -0.3 is 16.4 Å². The van der Waals surface area contributed by atoms with E-state index >= 15 is 0 Å². The first-order valence-corrected chi connectivity index (χ1v) is 7.69. The minimum atomic E-state index is -0.650. The molecular weight excluding hydrogens is 302 g/mol. The summed E-state index contributed by atoms with van der Waals surface area (Å²) in [7, 11) is 0.